The lowest BCUT2D eigenvalue weighted by molar-refractivity contribution is 0.269. The van der Waals surface area contributed by atoms with Gasteiger partial charge >= 0.3 is 0 Å². The van der Waals surface area contributed by atoms with Crippen LogP contribution < -0.4 is 15.4 Å². The van der Waals surface area contributed by atoms with Gasteiger partial charge in [-0.1, -0.05) is 6.92 Å². The van der Waals surface area contributed by atoms with E-state index < -0.39 is 0 Å². The highest BCUT2D eigenvalue weighted by Gasteiger charge is 2.16. The maximum atomic E-state index is 9.11. The molecule has 0 saturated heterocycles. The minimum absolute atomic E-state index is 0.0328. The average molecular weight is 240 g/mol. The molecule has 1 unspecified atom stereocenters. The van der Waals surface area contributed by atoms with Gasteiger partial charge in [-0.3, -0.25) is 0 Å². The minimum atomic E-state index is -0.0637. The number of rotatable bonds is 6. The second-order valence-corrected chi connectivity index (χ2v) is 3.91. The van der Waals surface area contributed by atoms with Crippen molar-refractivity contribution in [2.45, 2.75) is 26.3 Å². The van der Waals surface area contributed by atoms with Crippen molar-refractivity contribution in [2.24, 2.45) is 0 Å². The number of ether oxygens (including phenoxy) is 1. The van der Waals surface area contributed by atoms with Gasteiger partial charge in [-0.05, 0) is 13.3 Å². The zero-order valence-corrected chi connectivity index (χ0v) is 10.6. The van der Waals surface area contributed by atoms with E-state index >= 15 is 0 Å². The molecule has 0 amide bonds. The fourth-order valence-electron chi connectivity index (χ4n) is 1.30. The van der Waals surface area contributed by atoms with Gasteiger partial charge in [0, 0.05) is 7.05 Å². The van der Waals surface area contributed by atoms with Gasteiger partial charge in [-0.25, -0.2) is 4.98 Å². The quantitative estimate of drug-likeness (QED) is 0.760. The fourth-order valence-corrected chi connectivity index (χ4v) is 1.30. The summed E-state index contributed by atoms with van der Waals surface area (Å²) < 4.78 is 5.42. The van der Waals surface area contributed by atoms with Crippen molar-refractivity contribution in [3.05, 3.63) is 6.33 Å². The minimum Gasteiger partial charge on any atom is -0.476 e. The first kappa shape index (κ1) is 13.5. The summed E-state index contributed by atoms with van der Waals surface area (Å²) in [6, 6.07) is -0.0637. The van der Waals surface area contributed by atoms with Gasteiger partial charge < -0.3 is 20.5 Å². The van der Waals surface area contributed by atoms with Crippen molar-refractivity contribution in [1.82, 2.24) is 9.97 Å². The Morgan fingerprint density at radius 2 is 2.24 bits per heavy atom. The van der Waals surface area contributed by atoms with E-state index in [1.165, 1.54) is 6.33 Å². The Morgan fingerprint density at radius 3 is 2.82 bits per heavy atom. The summed E-state index contributed by atoms with van der Waals surface area (Å²) in [6.45, 7) is 4.50. The van der Waals surface area contributed by atoms with Crippen LogP contribution in [0, 0.1) is 0 Å². The van der Waals surface area contributed by atoms with Crippen LogP contribution in [0.1, 0.15) is 20.3 Å². The first-order chi connectivity index (χ1) is 8.11. The van der Waals surface area contributed by atoms with Crippen LogP contribution in [0.4, 0.5) is 11.5 Å². The van der Waals surface area contributed by atoms with Crippen LogP contribution in [0.3, 0.4) is 0 Å². The SMILES string of the molecule is CCCOc1ncnc(N(C)C(C)CO)c1N. The van der Waals surface area contributed by atoms with Crippen molar-refractivity contribution in [1.29, 1.82) is 0 Å². The van der Waals surface area contributed by atoms with Crippen LogP contribution in [-0.2, 0) is 0 Å². The van der Waals surface area contributed by atoms with Gasteiger partial charge in [0.05, 0.1) is 19.3 Å². The molecule has 0 spiro atoms. The summed E-state index contributed by atoms with van der Waals surface area (Å²) in [6.07, 6.45) is 2.30. The number of anilines is 2. The average Bonchev–Trinajstić information content (AvgIpc) is 2.35. The van der Waals surface area contributed by atoms with Crippen molar-refractivity contribution >= 4 is 11.5 Å². The Labute approximate surface area is 101 Å². The van der Waals surface area contributed by atoms with E-state index in [0.29, 0.717) is 24.0 Å². The molecule has 1 aromatic heterocycles. The molecule has 0 bridgehead atoms. The molecule has 0 aliphatic heterocycles. The van der Waals surface area contributed by atoms with Crippen LogP contribution in [0.15, 0.2) is 6.33 Å². The molecular formula is C11H20N4O2. The third-order valence-corrected chi connectivity index (χ3v) is 2.53. The summed E-state index contributed by atoms with van der Waals surface area (Å²) in [5.41, 5.74) is 6.35. The van der Waals surface area contributed by atoms with E-state index in [4.69, 9.17) is 15.6 Å². The second kappa shape index (κ2) is 6.24. The zero-order valence-electron chi connectivity index (χ0n) is 10.6. The maximum Gasteiger partial charge on any atom is 0.242 e. The molecule has 6 nitrogen and oxygen atoms in total. The molecule has 0 saturated carbocycles. The Morgan fingerprint density at radius 1 is 1.53 bits per heavy atom. The standard InChI is InChI=1S/C11H20N4O2/c1-4-5-17-11-9(12)10(13-7-14-11)15(3)8(2)6-16/h7-8,16H,4-6,12H2,1-3H3. The van der Waals surface area contributed by atoms with Gasteiger partial charge in [0.25, 0.3) is 0 Å². The molecule has 0 aliphatic carbocycles. The third kappa shape index (κ3) is 3.20. The van der Waals surface area contributed by atoms with E-state index in [-0.39, 0.29) is 12.6 Å². The van der Waals surface area contributed by atoms with Crippen molar-refractivity contribution in [2.75, 3.05) is 30.9 Å². The summed E-state index contributed by atoms with van der Waals surface area (Å²) >= 11 is 0. The summed E-state index contributed by atoms with van der Waals surface area (Å²) in [5.74, 6) is 0.974. The highest BCUT2D eigenvalue weighted by atomic mass is 16.5. The van der Waals surface area contributed by atoms with Crippen LogP contribution in [0.25, 0.3) is 0 Å². The van der Waals surface area contributed by atoms with Gasteiger partial charge in [0.1, 0.15) is 12.0 Å². The molecule has 0 aromatic carbocycles. The molecular weight excluding hydrogens is 220 g/mol. The number of hydrogen-bond acceptors (Lipinski definition) is 6. The van der Waals surface area contributed by atoms with E-state index in [2.05, 4.69) is 9.97 Å². The number of hydrogen-bond donors (Lipinski definition) is 2. The van der Waals surface area contributed by atoms with Gasteiger partial charge in [-0.15, -0.1) is 0 Å². The molecule has 17 heavy (non-hydrogen) atoms. The lowest BCUT2D eigenvalue weighted by atomic mass is 10.3. The first-order valence-electron chi connectivity index (χ1n) is 5.68. The zero-order chi connectivity index (χ0) is 12.8. The normalized spacial score (nSPS) is 12.2. The van der Waals surface area contributed by atoms with Gasteiger partial charge in [0.2, 0.25) is 5.88 Å². The summed E-state index contributed by atoms with van der Waals surface area (Å²) in [7, 11) is 1.82. The Hall–Kier alpha value is -1.56. The summed E-state index contributed by atoms with van der Waals surface area (Å²) in [5, 5.41) is 9.11. The van der Waals surface area contributed by atoms with E-state index in [0.717, 1.165) is 6.42 Å². The topological polar surface area (TPSA) is 84.5 Å². The number of aromatic nitrogens is 2. The van der Waals surface area contributed by atoms with Crippen LogP contribution in [-0.4, -0.2) is 41.4 Å². The predicted octanol–water partition coefficient (Wildman–Crippen LogP) is 0.665. The predicted molar refractivity (Wildman–Crippen MR) is 67.2 cm³/mol. The summed E-state index contributed by atoms with van der Waals surface area (Å²) in [4.78, 5) is 9.91. The number of aliphatic hydroxyl groups is 1. The number of aliphatic hydroxyl groups excluding tert-OH is 1. The highest BCUT2D eigenvalue weighted by molar-refractivity contribution is 5.67. The molecule has 1 aromatic rings. The van der Waals surface area contributed by atoms with E-state index in [9.17, 15) is 0 Å². The molecule has 0 radical (unpaired) electrons. The molecule has 1 rings (SSSR count). The number of nitrogen functional groups attached to an aromatic ring is 1. The second-order valence-electron chi connectivity index (χ2n) is 3.91. The number of nitrogens with zero attached hydrogens (tertiary/aromatic N) is 3. The Kier molecular flexibility index (Phi) is 4.96. The molecule has 96 valence electrons. The lowest BCUT2D eigenvalue weighted by Crippen LogP contribution is -2.33. The van der Waals surface area contributed by atoms with E-state index in [1.807, 2.05) is 20.9 Å². The monoisotopic (exact) mass is 240 g/mol. The molecule has 0 fully saturated rings. The van der Waals surface area contributed by atoms with Gasteiger partial charge in [0.15, 0.2) is 5.82 Å². The Bertz CT molecular complexity index is 359. The molecule has 6 heteroatoms. The molecule has 3 N–H and O–H groups in total. The first-order valence-corrected chi connectivity index (χ1v) is 5.68. The maximum absolute atomic E-state index is 9.11. The Balaban J connectivity index is 2.93. The van der Waals surface area contributed by atoms with Crippen molar-refractivity contribution in [3.8, 4) is 5.88 Å². The number of nitrogens with two attached hydrogens (primary N) is 1. The van der Waals surface area contributed by atoms with Crippen LogP contribution >= 0.6 is 0 Å². The molecule has 1 heterocycles. The highest BCUT2D eigenvalue weighted by Crippen LogP contribution is 2.28. The van der Waals surface area contributed by atoms with Crippen LogP contribution in [0.5, 0.6) is 5.88 Å². The largest absolute Gasteiger partial charge is 0.476 e. The molecule has 0 aliphatic rings. The smallest absolute Gasteiger partial charge is 0.242 e. The lowest BCUT2D eigenvalue weighted by Gasteiger charge is -2.25. The fraction of sp³-hybridized carbons (Fsp3) is 0.636. The van der Waals surface area contributed by atoms with Crippen LogP contribution in [0.2, 0.25) is 0 Å². The molecule has 1 atom stereocenters. The van der Waals surface area contributed by atoms with Crippen molar-refractivity contribution in [3.63, 3.8) is 0 Å². The van der Waals surface area contributed by atoms with E-state index in [1.54, 1.807) is 4.90 Å². The number of likely N-dealkylation sites (N-methyl/N-ethyl adjacent to an activating group) is 1. The third-order valence-electron chi connectivity index (χ3n) is 2.53. The van der Waals surface area contributed by atoms with Crippen molar-refractivity contribution < 1.29 is 9.84 Å². The van der Waals surface area contributed by atoms with Gasteiger partial charge in [-0.2, -0.15) is 4.98 Å².